The molecule has 5 amide bonds. The van der Waals surface area contributed by atoms with Crippen LogP contribution in [-0.2, 0) is 54.5 Å². The molecule has 4 heterocycles. The van der Waals surface area contributed by atoms with E-state index in [-0.39, 0.29) is 31.4 Å². The van der Waals surface area contributed by atoms with Gasteiger partial charge < -0.3 is 41.2 Å². The molecule has 0 saturated heterocycles. The van der Waals surface area contributed by atoms with Crippen molar-refractivity contribution in [3.63, 3.8) is 0 Å². The molecule has 5 atom stereocenters. The fourth-order valence-electron chi connectivity index (χ4n) is 5.47. The summed E-state index contributed by atoms with van der Waals surface area (Å²) < 4.78 is 6.22. The van der Waals surface area contributed by atoms with Gasteiger partial charge in [-0.2, -0.15) is 0 Å². The van der Waals surface area contributed by atoms with Gasteiger partial charge in [0.2, 0.25) is 23.6 Å². The molecular weight excluding hydrogens is 758 g/mol. The van der Waals surface area contributed by atoms with Gasteiger partial charge in [0.25, 0.3) is 5.91 Å². The summed E-state index contributed by atoms with van der Waals surface area (Å²) in [7, 11) is 0. The van der Waals surface area contributed by atoms with Crippen LogP contribution < -0.4 is 26.6 Å². The number of carboxylic acid groups (broad SMARTS) is 1. The first kappa shape index (κ1) is 37.9. The van der Waals surface area contributed by atoms with E-state index >= 15 is 0 Å². The first-order valence-corrected chi connectivity index (χ1v) is 17.9. The van der Waals surface area contributed by atoms with Crippen LogP contribution >= 0.6 is 27.3 Å². The Morgan fingerprint density at radius 3 is 2.02 bits per heavy atom. The number of benzene rings is 2. The van der Waals surface area contributed by atoms with Crippen molar-refractivity contribution >= 4 is 68.5 Å². The molecule has 2 aromatic heterocycles. The van der Waals surface area contributed by atoms with E-state index in [9.17, 15) is 39.0 Å². The second-order valence-corrected chi connectivity index (χ2v) is 14.1. The third-order valence-electron chi connectivity index (χ3n) is 8.20. The number of carboxylic acids is 1. The third kappa shape index (κ3) is 10.8. The van der Waals surface area contributed by atoms with Crippen molar-refractivity contribution in [1.29, 1.82) is 0 Å². The summed E-state index contributed by atoms with van der Waals surface area (Å²) in [6.07, 6.45) is -1.30. The topological polar surface area (TPSA) is 216 Å². The number of carbonyl (C=O) groups is 6. The van der Waals surface area contributed by atoms with Crippen molar-refractivity contribution in [3.8, 4) is 0 Å². The summed E-state index contributed by atoms with van der Waals surface area (Å²) in [5.74, 6) is -4.96. The SMILES string of the molecule is O=C1C[C@@H](O)C(=O)Nc2ccc(cc2)C[C@H](C(=O)O)NC(=O)[C@@H](Cc2ccco2)NC(=O)[C@H](Cc2ccc(Br)cc2)NC(=O)[C@@H](Cc2cccs2)N1. The van der Waals surface area contributed by atoms with Crippen molar-refractivity contribution in [2.75, 3.05) is 5.32 Å². The number of aliphatic hydroxyl groups excluding tert-OH is 1. The molecule has 0 saturated carbocycles. The van der Waals surface area contributed by atoms with E-state index in [1.54, 1.807) is 66.0 Å². The summed E-state index contributed by atoms with van der Waals surface area (Å²) in [4.78, 5) is 80.7. The lowest BCUT2D eigenvalue weighted by molar-refractivity contribution is -0.142. The van der Waals surface area contributed by atoms with E-state index in [0.717, 1.165) is 9.35 Å². The number of anilines is 1. The molecule has 0 aliphatic carbocycles. The molecule has 0 fully saturated rings. The monoisotopic (exact) mass is 793 g/mol. The first-order chi connectivity index (χ1) is 24.9. The van der Waals surface area contributed by atoms with E-state index in [1.165, 1.54) is 29.7 Å². The molecule has 7 N–H and O–H groups in total. The molecule has 6 rings (SSSR count). The number of aliphatic carboxylic acids is 1. The van der Waals surface area contributed by atoms with Crippen molar-refractivity contribution in [3.05, 3.63) is 111 Å². The number of hydrogen-bond acceptors (Lipinski definition) is 9. The number of rotatable bonds is 7. The molecule has 2 aliphatic rings. The lowest BCUT2D eigenvalue weighted by atomic mass is 10.0. The number of carbonyl (C=O) groups excluding carboxylic acids is 5. The summed E-state index contributed by atoms with van der Waals surface area (Å²) in [6, 6.07) is 14.6. The maximum Gasteiger partial charge on any atom is 0.326 e. The van der Waals surface area contributed by atoms with Crippen LogP contribution in [0.5, 0.6) is 0 Å². The van der Waals surface area contributed by atoms with Crippen molar-refractivity contribution in [1.82, 2.24) is 21.3 Å². The van der Waals surface area contributed by atoms with Gasteiger partial charge in [0.15, 0.2) is 0 Å². The quantitative estimate of drug-likeness (QED) is 0.136. The summed E-state index contributed by atoms with van der Waals surface area (Å²) in [5.41, 5.74) is 1.42. The molecule has 52 heavy (non-hydrogen) atoms. The highest BCUT2D eigenvalue weighted by Gasteiger charge is 2.33. The van der Waals surface area contributed by atoms with E-state index in [1.807, 2.05) is 0 Å². The number of aliphatic hydroxyl groups is 1. The maximum absolute atomic E-state index is 14.1. The van der Waals surface area contributed by atoms with Gasteiger partial charge in [-0.25, -0.2) is 4.79 Å². The molecule has 2 bridgehead atoms. The Kier molecular flexibility index (Phi) is 12.9. The van der Waals surface area contributed by atoms with Gasteiger partial charge in [0, 0.05) is 40.7 Å². The Morgan fingerprint density at radius 1 is 0.750 bits per heavy atom. The molecule has 14 nitrogen and oxygen atoms in total. The average molecular weight is 795 g/mol. The van der Waals surface area contributed by atoms with Crippen LogP contribution in [0.4, 0.5) is 5.69 Å². The minimum absolute atomic E-state index is 0.0218. The van der Waals surface area contributed by atoms with Gasteiger partial charge in [-0.05, 0) is 59.0 Å². The fourth-order valence-corrected chi connectivity index (χ4v) is 6.48. The zero-order chi connectivity index (χ0) is 37.2. The van der Waals surface area contributed by atoms with Crippen LogP contribution in [0, 0.1) is 0 Å². The second-order valence-electron chi connectivity index (χ2n) is 12.1. The van der Waals surface area contributed by atoms with E-state index in [2.05, 4.69) is 42.5 Å². The number of hydrogen-bond donors (Lipinski definition) is 7. The Balaban J connectivity index is 1.50. The molecular formula is C36H36BrN5O9S. The highest BCUT2D eigenvalue weighted by Crippen LogP contribution is 2.16. The van der Waals surface area contributed by atoms with Crippen LogP contribution in [0.1, 0.15) is 28.2 Å². The Labute approximate surface area is 310 Å². The molecule has 272 valence electrons. The minimum atomic E-state index is -1.77. The Morgan fingerprint density at radius 2 is 1.40 bits per heavy atom. The zero-order valence-electron chi connectivity index (χ0n) is 27.5. The van der Waals surface area contributed by atoms with Crippen LogP contribution in [0.2, 0.25) is 0 Å². The predicted octanol–water partition coefficient (Wildman–Crippen LogP) is 2.10. The largest absolute Gasteiger partial charge is 0.480 e. The summed E-state index contributed by atoms with van der Waals surface area (Å²) >= 11 is 4.73. The molecule has 0 unspecified atom stereocenters. The van der Waals surface area contributed by atoms with Gasteiger partial charge >= 0.3 is 5.97 Å². The lowest BCUT2D eigenvalue weighted by Gasteiger charge is -2.26. The molecule has 0 radical (unpaired) electrons. The number of amides is 5. The van der Waals surface area contributed by atoms with Crippen molar-refractivity contribution in [2.45, 2.75) is 62.4 Å². The zero-order valence-corrected chi connectivity index (χ0v) is 29.9. The summed E-state index contributed by atoms with van der Waals surface area (Å²) in [6.45, 7) is 0. The lowest BCUT2D eigenvalue weighted by Crippen LogP contribution is -2.59. The molecule has 16 heteroatoms. The smallest absolute Gasteiger partial charge is 0.326 e. The van der Waals surface area contributed by atoms with Crippen LogP contribution in [0.3, 0.4) is 0 Å². The predicted molar refractivity (Wildman–Crippen MR) is 193 cm³/mol. The van der Waals surface area contributed by atoms with Crippen LogP contribution in [-0.4, -0.2) is 76.0 Å². The number of furan rings is 1. The second kappa shape index (κ2) is 17.7. The fraction of sp³-hybridized carbons (Fsp3) is 0.278. The van der Waals surface area contributed by atoms with Gasteiger partial charge in [0.05, 0.1) is 12.7 Å². The van der Waals surface area contributed by atoms with Crippen molar-refractivity contribution < 1.29 is 43.4 Å². The van der Waals surface area contributed by atoms with Gasteiger partial charge in [-0.3, -0.25) is 24.0 Å². The highest BCUT2D eigenvalue weighted by atomic mass is 79.9. The maximum atomic E-state index is 14.1. The molecule has 4 aromatic rings. The van der Waals surface area contributed by atoms with E-state index in [0.29, 0.717) is 16.9 Å². The summed E-state index contributed by atoms with van der Waals surface area (Å²) in [5, 5.41) is 35.4. The first-order valence-electron chi connectivity index (χ1n) is 16.2. The number of nitrogens with one attached hydrogen (secondary N) is 5. The Bertz CT molecular complexity index is 1870. The van der Waals surface area contributed by atoms with Gasteiger partial charge in [-0.1, -0.05) is 46.3 Å². The standard InChI is InChI=1S/C36H36BrN5O9S/c37-22-9-5-20(6-10-22)15-26-32(45)41-27(17-24-3-1-13-51-24)33(46)42-29(36(49)50)16-21-7-11-23(12-8-21)38-35(48)30(43)19-31(44)39-28(34(47)40-26)18-25-4-2-14-52-25/h1-14,26-30,43H,15-19H2,(H,38,48)(H,39,44)(H,40,47)(H,41,45)(H,42,46)(H,49,50)/t26-,27+,28+,29+,30+/m0/s1. The average Bonchev–Trinajstić information content (AvgIpc) is 3.83. The minimum Gasteiger partial charge on any atom is -0.480 e. The number of fused-ring (bicyclic) bond motifs is 18. The number of halogens is 1. The van der Waals surface area contributed by atoms with Crippen LogP contribution in [0.25, 0.3) is 0 Å². The number of thiophene rings is 1. The van der Waals surface area contributed by atoms with Crippen molar-refractivity contribution in [2.24, 2.45) is 0 Å². The third-order valence-corrected chi connectivity index (χ3v) is 9.63. The van der Waals surface area contributed by atoms with E-state index in [4.69, 9.17) is 4.42 Å². The van der Waals surface area contributed by atoms with Gasteiger partial charge in [0.1, 0.15) is 36.0 Å². The van der Waals surface area contributed by atoms with E-state index < -0.39 is 72.2 Å². The van der Waals surface area contributed by atoms with Crippen LogP contribution in [0.15, 0.2) is 93.3 Å². The highest BCUT2D eigenvalue weighted by molar-refractivity contribution is 9.10. The normalized spacial score (nSPS) is 22.3. The molecule has 0 spiro atoms. The van der Waals surface area contributed by atoms with Gasteiger partial charge in [-0.15, -0.1) is 11.3 Å². The molecule has 2 aliphatic heterocycles. The Hall–Kier alpha value is -5.32. The molecule has 2 aromatic carbocycles.